The number of carbonyl (C=O) groups is 1. The number of carbonyl (C=O) groups excluding carboxylic acids is 1. The fraction of sp³-hybridized carbons (Fsp3) is 0.286. The Bertz CT molecular complexity index is 901. The van der Waals surface area contributed by atoms with Crippen LogP contribution in [0.3, 0.4) is 0 Å². The average molecular weight is 355 g/mol. The molecule has 1 heterocycles. The Labute approximate surface area is 152 Å². The van der Waals surface area contributed by atoms with Crippen LogP contribution >= 0.6 is 0 Å². The van der Waals surface area contributed by atoms with Gasteiger partial charge in [0.2, 0.25) is 0 Å². The first kappa shape index (κ1) is 18.0. The van der Waals surface area contributed by atoms with Gasteiger partial charge in [0.1, 0.15) is 17.1 Å². The Morgan fingerprint density at radius 1 is 1.23 bits per heavy atom. The quantitative estimate of drug-likeness (QED) is 0.624. The van der Waals surface area contributed by atoms with Crippen LogP contribution in [0.25, 0.3) is 11.0 Å². The van der Waals surface area contributed by atoms with Crippen LogP contribution in [0.1, 0.15) is 36.2 Å². The first-order chi connectivity index (χ1) is 12.5. The van der Waals surface area contributed by atoms with Crippen molar-refractivity contribution < 1.29 is 18.3 Å². The molecule has 0 radical (unpaired) electrons. The van der Waals surface area contributed by atoms with Crippen LogP contribution in [0.4, 0.5) is 4.39 Å². The summed E-state index contributed by atoms with van der Waals surface area (Å²) in [4.78, 5) is 12.4. The van der Waals surface area contributed by atoms with E-state index >= 15 is 0 Å². The van der Waals surface area contributed by atoms with E-state index in [9.17, 15) is 9.18 Å². The first-order valence-corrected chi connectivity index (χ1v) is 8.74. The molecule has 0 unspecified atom stereocenters. The second-order valence-electron chi connectivity index (χ2n) is 6.42. The molecule has 0 aliphatic carbocycles. The van der Waals surface area contributed by atoms with Crippen molar-refractivity contribution in [3.63, 3.8) is 0 Å². The molecule has 0 aliphatic rings. The van der Waals surface area contributed by atoms with Gasteiger partial charge >= 0.3 is 0 Å². The maximum Gasteiger partial charge on any atom is 0.251 e. The van der Waals surface area contributed by atoms with E-state index in [1.165, 1.54) is 6.07 Å². The van der Waals surface area contributed by atoms with E-state index < -0.39 is 0 Å². The summed E-state index contributed by atoms with van der Waals surface area (Å²) >= 11 is 0. The van der Waals surface area contributed by atoms with Crippen molar-refractivity contribution in [2.45, 2.75) is 32.8 Å². The molecule has 136 valence electrons. The summed E-state index contributed by atoms with van der Waals surface area (Å²) < 4.78 is 24.8. The zero-order valence-corrected chi connectivity index (χ0v) is 14.9. The van der Waals surface area contributed by atoms with Crippen LogP contribution in [-0.4, -0.2) is 18.6 Å². The summed E-state index contributed by atoms with van der Waals surface area (Å²) in [5.41, 5.74) is 1.75. The minimum Gasteiger partial charge on any atom is -0.490 e. The van der Waals surface area contributed by atoms with Crippen LogP contribution in [0.2, 0.25) is 0 Å². The molecule has 0 spiro atoms. The fourth-order valence-electron chi connectivity index (χ4n) is 2.80. The lowest BCUT2D eigenvalue weighted by Gasteiger charge is -2.12. The molecule has 26 heavy (non-hydrogen) atoms. The zero-order valence-electron chi connectivity index (χ0n) is 14.9. The van der Waals surface area contributed by atoms with Crippen molar-refractivity contribution in [3.8, 4) is 5.75 Å². The van der Waals surface area contributed by atoms with Gasteiger partial charge in [-0.3, -0.25) is 4.79 Å². The maximum atomic E-state index is 13.6. The fourth-order valence-corrected chi connectivity index (χ4v) is 2.80. The van der Waals surface area contributed by atoms with E-state index in [0.29, 0.717) is 41.8 Å². The summed E-state index contributed by atoms with van der Waals surface area (Å²) in [5.74, 6) is 0.214. The van der Waals surface area contributed by atoms with Crippen LogP contribution in [0.5, 0.6) is 5.75 Å². The van der Waals surface area contributed by atoms with Crippen LogP contribution in [-0.2, 0) is 6.42 Å². The highest BCUT2D eigenvalue weighted by atomic mass is 19.1. The third-order valence-electron chi connectivity index (χ3n) is 4.02. The molecule has 3 aromatic rings. The molecule has 0 saturated heterocycles. The Hall–Kier alpha value is -2.82. The number of nitrogens with one attached hydrogen (secondary N) is 1. The molecule has 1 aromatic heterocycles. The normalized spacial score (nSPS) is 11.1. The highest BCUT2D eigenvalue weighted by Gasteiger charge is 2.14. The average Bonchev–Trinajstić information content (AvgIpc) is 3.08. The van der Waals surface area contributed by atoms with Gasteiger partial charge in [-0.05, 0) is 56.5 Å². The number of ether oxygens (including phenoxy) is 1. The molecule has 5 heteroatoms. The molecule has 0 aliphatic heterocycles. The van der Waals surface area contributed by atoms with E-state index in [1.54, 1.807) is 30.5 Å². The minimum atomic E-state index is -0.211. The van der Waals surface area contributed by atoms with Crippen molar-refractivity contribution in [2.75, 3.05) is 6.54 Å². The largest absolute Gasteiger partial charge is 0.490 e. The topological polar surface area (TPSA) is 51.5 Å². The number of furan rings is 1. The third kappa shape index (κ3) is 4.23. The summed E-state index contributed by atoms with van der Waals surface area (Å²) in [6.45, 7) is 4.33. The summed E-state index contributed by atoms with van der Waals surface area (Å²) in [5, 5.41) is 3.71. The van der Waals surface area contributed by atoms with Gasteiger partial charge in [-0.1, -0.05) is 18.2 Å². The number of aryl methyl sites for hydroxylation is 1. The molecule has 0 fully saturated rings. The first-order valence-electron chi connectivity index (χ1n) is 8.74. The molecule has 0 saturated carbocycles. The maximum absolute atomic E-state index is 13.6. The Balaban J connectivity index is 1.63. The van der Waals surface area contributed by atoms with Crippen molar-refractivity contribution in [3.05, 3.63) is 65.7 Å². The van der Waals surface area contributed by atoms with Crippen molar-refractivity contribution in [2.24, 2.45) is 0 Å². The number of amides is 1. The van der Waals surface area contributed by atoms with Crippen LogP contribution in [0, 0.1) is 5.82 Å². The van der Waals surface area contributed by atoms with E-state index in [2.05, 4.69) is 5.32 Å². The lowest BCUT2D eigenvalue weighted by Crippen LogP contribution is -2.25. The van der Waals surface area contributed by atoms with Gasteiger partial charge in [-0.25, -0.2) is 4.39 Å². The smallest absolute Gasteiger partial charge is 0.251 e. The van der Waals surface area contributed by atoms with Gasteiger partial charge in [0.05, 0.1) is 17.8 Å². The Morgan fingerprint density at radius 3 is 2.81 bits per heavy atom. The van der Waals surface area contributed by atoms with E-state index in [-0.39, 0.29) is 17.8 Å². The summed E-state index contributed by atoms with van der Waals surface area (Å²) in [6, 6.07) is 11.9. The summed E-state index contributed by atoms with van der Waals surface area (Å²) in [7, 11) is 0. The number of benzene rings is 2. The molecule has 0 bridgehead atoms. The van der Waals surface area contributed by atoms with Crippen molar-refractivity contribution in [1.29, 1.82) is 0 Å². The predicted octanol–water partition coefficient (Wildman–Crippen LogP) is 4.72. The molecular formula is C21H22FNO3. The number of fused-ring (bicyclic) bond motifs is 1. The van der Waals surface area contributed by atoms with Crippen molar-refractivity contribution >= 4 is 16.9 Å². The van der Waals surface area contributed by atoms with E-state index in [0.717, 1.165) is 5.39 Å². The van der Waals surface area contributed by atoms with Gasteiger partial charge in [0.15, 0.2) is 0 Å². The molecule has 2 aromatic carbocycles. The highest BCUT2D eigenvalue weighted by molar-refractivity contribution is 5.99. The molecule has 0 atom stereocenters. The second-order valence-corrected chi connectivity index (χ2v) is 6.42. The predicted molar refractivity (Wildman–Crippen MR) is 99.0 cm³/mol. The van der Waals surface area contributed by atoms with Crippen LogP contribution < -0.4 is 10.1 Å². The van der Waals surface area contributed by atoms with Gasteiger partial charge in [0, 0.05) is 12.1 Å². The molecule has 4 nitrogen and oxygen atoms in total. The highest BCUT2D eigenvalue weighted by Crippen LogP contribution is 2.29. The van der Waals surface area contributed by atoms with Gasteiger partial charge in [-0.15, -0.1) is 0 Å². The lowest BCUT2D eigenvalue weighted by molar-refractivity contribution is 0.0952. The SMILES string of the molecule is CC(C)Oc1cc(C(=O)NCCCc2ccccc2F)cc2occc12. The van der Waals surface area contributed by atoms with E-state index in [4.69, 9.17) is 9.15 Å². The number of halogens is 1. The Kier molecular flexibility index (Phi) is 5.56. The molecular weight excluding hydrogens is 333 g/mol. The number of hydrogen-bond donors (Lipinski definition) is 1. The molecule has 3 rings (SSSR count). The number of hydrogen-bond acceptors (Lipinski definition) is 3. The standard InChI is InChI=1S/C21H22FNO3/c1-14(2)26-20-13-16(12-19-17(20)9-11-25-19)21(24)23-10-5-7-15-6-3-4-8-18(15)22/h3-4,6,8-9,11-14H,5,7,10H2,1-2H3,(H,23,24). The minimum absolute atomic E-state index is 0.00724. The third-order valence-corrected chi connectivity index (χ3v) is 4.02. The van der Waals surface area contributed by atoms with Gasteiger partial charge < -0.3 is 14.5 Å². The lowest BCUT2D eigenvalue weighted by atomic mass is 10.1. The van der Waals surface area contributed by atoms with Gasteiger partial charge in [0.25, 0.3) is 5.91 Å². The second kappa shape index (κ2) is 8.04. The number of rotatable bonds is 7. The molecule has 1 amide bonds. The van der Waals surface area contributed by atoms with Crippen molar-refractivity contribution in [1.82, 2.24) is 5.32 Å². The Morgan fingerprint density at radius 2 is 2.04 bits per heavy atom. The zero-order chi connectivity index (χ0) is 18.5. The monoisotopic (exact) mass is 355 g/mol. The van der Waals surface area contributed by atoms with Gasteiger partial charge in [-0.2, -0.15) is 0 Å². The van der Waals surface area contributed by atoms with Crippen LogP contribution in [0.15, 0.2) is 53.1 Å². The van der Waals surface area contributed by atoms with E-state index in [1.807, 2.05) is 26.0 Å². The molecule has 1 N–H and O–H groups in total. The summed E-state index contributed by atoms with van der Waals surface area (Å²) in [6.07, 6.45) is 2.80.